The van der Waals surface area contributed by atoms with Gasteiger partial charge in [-0.15, -0.1) is 0 Å². The molecule has 0 N–H and O–H groups in total. The zero-order valence-electron chi connectivity index (χ0n) is 6.78. The second-order valence-corrected chi connectivity index (χ2v) is 3.87. The van der Waals surface area contributed by atoms with Gasteiger partial charge in [0, 0.05) is 4.47 Å². The molecule has 0 aliphatic carbocycles. The summed E-state index contributed by atoms with van der Waals surface area (Å²) in [4.78, 5) is 0. The van der Waals surface area contributed by atoms with Gasteiger partial charge in [0.1, 0.15) is 5.03 Å². The number of halogens is 5. The minimum Gasteiger partial charge on any atom is -0.165 e. The third kappa shape index (κ3) is 3.35. The van der Waals surface area contributed by atoms with E-state index in [4.69, 9.17) is 11.6 Å². The molecule has 0 spiro atoms. The van der Waals surface area contributed by atoms with Crippen molar-refractivity contribution < 1.29 is 13.2 Å². The van der Waals surface area contributed by atoms with Gasteiger partial charge in [0.15, 0.2) is 0 Å². The predicted octanol–water partition coefficient (Wildman–Crippen LogP) is 4.59. The fourth-order valence-electron chi connectivity index (χ4n) is 0.825. The van der Waals surface area contributed by atoms with E-state index in [1.165, 1.54) is 0 Å². The van der Waals surface area contributed by atoms with Crippen LogP contribution >= 0.6 is 27.5 Å². The number of benzene rings is 1. The van der Waals surface area contributed by atoms with Crippen LogP contribution in [-0.2, 0) is 0 Å². The molecule has 0 amide bonds. The van der Waals surface area contributed by atoms with Gasteiger partial charge in [-0.1, -0.05) is 39.7 Å². The van der Waals surface area contributed by atoms with Gasteiger partial charge >= 0.3 is 6.18 Å². The van der Waals surface area contributed by atoms with Gasteiger partial charge < -0.3 is 0 Å². The summed E-state index contributed by atoms with van der Waals surface area (Å²) in [6, 6.07) is 6.45. The van der Waals surface area contributed by atoms with Crippen molar-refractivity contribution in [2.24, 2.45) is 0 Å². The highest BCUT2D eigenvalue weighted by atomic mass is 79.9. The smallest absolute Gasteiger partial charge is 0.165 e. The molecule has 0 aromatic heterocycles. The van der Waals surface area contributed by atoms with Crippen molar-refractivity contribution in [3.8, 4) is 0 Å². The highest BCUT2D eigenvalue weighted by Gasteiger charge is 2.32. The molecule has 1 aromatic carbocycles. The normalized spacial score (nSPS) is 13.1. The summed E-state index contributed by atoms with van der Waals surface area (Å²) < 4.78 is 36.8. The SMILES string of the molecule is FC(F)(F)C(Cl)=Cc1cccc(Br)c1. The standard InChI is InChI=1S/C9H5BrClF3/c10-7-3-1-2-6(4-7)5-8(11)9(12,13)14/h1-5H. The minimum absolute atomic E-state index is 0.404. The number of hydrogen-bond donors (Lipinski definition) is 0. The Hall–Kier alpha value is -0.480. The van der Waals surface area contributed by atoms with Crippen LogP contribution in [0.5, 0.6) is 0 Å². The first-order valence-corrected chi connectivity index (χ1v) is 4.76. The summed E-state index contributed by atoms with van der Waals surface area (Å²) in [7, 11) is 0. The summed E-state index contributed by atoms with van der Waals surface area (Å²) in [5, 5.41) is -1.13. The Labute approximate surface area is 92.5 Å². The van der Waals surface area contributed by atoms with Crippen molar-refractivity contribution in [2.45, 2.75) is 6.18 Å². The van der Waals surface area contributed by atoms with Crippen molar-refractivity contribution in [2.75, 3.05) is 0 Å². The maximum atomic E-state index is 12.0. The van der Waals surface area contributed by atoms with Crippen LogP contribution in [-0.4, -0.2) is 6.18 Å². The second-order valence-electron chi connectivity index (χ2n) is 2.55. The average molecular weight is 285 g/mol. The van der Waals surface area contributed by atoms with Crippen LogP contribution in [0, 0.1) is 0 Å². The van der Waals surface area contributed by atoms with Crippen LogP contribution in [0.25, 0.3) is 6.08 Å². The summed E-state index contributed by atoms with van der Waals surface area (Å²) >= 11 is 8.21. The fraction of sp³-hybridized carbons (Fsp3) is 0.111. The van der Waals surface area contributed by atoms with E-state index >= 15 is 0 Å². The first kappa shape index (κ1) is 11.6. The van der Waals surface area contributed by atoms with Crippen molar-refractivity contribution >= 4 is 33.6 Å². The van der Waals surface area contributed by atoms with Crippen molar-refractivity contribution in [1.29, 1.82) is 0 Å². The quantitative estimate of drug-likeness (QED) is 0.708. The summed E-state index contributed by atoms with van der Waals surface area (Å²) in [5.74, 6) is 0. The molecule has 0 fully saturated rings. The molecule has 0 saturated carbocycles. The molecule has 0 unspecified atom stereocenters. The highest BCUT2D eigenvalue weighted by Crippen LogP contribution is 2.30. The molecule has 1 rings (SSSR count). The molecule has 0 aliphatic rings. The van der Waals surface area contributed by atoms with Crippen LogP contribution in [0.2, 0.25) is 0 Å². The molecule has 0 bridgehead atoms. The number of rotatable bonds is 1. The molecule has 0 atom stereocenters. The molecule has 0 aliphatic heterocycles. The fourth-order valence-corrected chi connectivity index (χ4v) is 1.37. The number of allylic oxidation sites excluding steroid dienone is 1. The van der Waals surface area contributed by atoms with Gasteiger partial charge in [-0.2, -0.15) is 13.2 Å². The Balaban J connectivity index is 2.98. The number of hydrogen-bond acceptors (Lipinski definition) is 0. The first-order valence-electron chi connectivity index (χ1n) is 3.59. The third-order valence-corrected chi connectivity index (χ3v) is 2.23. The van der Waals surface area contributed by atoms with Gasteiger partial charge in [0.05, 0.1) is 0 Å². The topological polar surface area (TPSA) is 0 Å². The Morgan fingerprint density at radius 3 is 2.50 bits per heavy atom. The minimum atomic E-state index is -4.48. The van der Waals surface area contributed by atoms with Gasteiger partial charge in [-0.3, -0.25) is 0 Å². The first-order chi connectivity index (χ1) is 6.39. The highest BCUT2D eigenvalue weighted by molar-refractivity contribution is 9.10. The van der Waals surface area contributed by atoms with Gasteiger partial charge in [0.25, 0.3) is 0 Å². The Morgan fingerprint density at radius 1 is 1.36 bits per heavy atom. The van der Waals surface area contributed by atoms with E-state index in [0.717, 1.165) is 6.08 Å². The summed E-state index contributed by atoms with van der Waals surface area (Å²) in [5.41, 5.74) is 0.404. The van der Waals surface area contributed by atoms with Crippen LogP contribution in [0.15, 0.2) is 33.8 Å². The van der Waals surface area contributed by atoms with Crippen LogP contribution in [0.1, 0.15) is 5.56 Å². The van der Waals surface area contributed by atoms with Crippen molar-refractivity contribution in [3.63, 3.8) is 0 Å². The van der Waals surface area contributed by atoms with Gasteiger partial charge in [-0.25, -0.2) is 0 Å². The lowest BCUT2D eigenvalue weighted by molar-refractivity contribution is -0.0836. The lowest BCUT2D eigenvalue weighted by Gasteiger charge is -2.03. The largest absolute Gasteiger partial charge is 0.426 e. The molecular formula is C9H5BrClF3. The van der Waals surface area contributed by atoms with E-state index in [9.17, 15) is 13.2 Å². The van der Waals surface area contributed by atoms with E-state index in [1.807, 2.05) is 0 Å². The molecular weight excluding hydrogens is 280 g/mol. The molecule has 0 saturated heterocycles. The maximum absolute atomic E-state index is 12.0. The van der Waals surface area contributed by atoms with Crippen molar-refractivity contribution in [1.82, 2.24) is 0 Å². The summed E-state index contributed by atoms with van der Waals surface area (Å²) in [6.07, 6.45) is -3.60. The van der Waals surface area contributed by atoms with E-state index in [-0.39, 0.29) is 0 Å². The lowest BCUT2D eigenvalue weighted by atomic mass is 10.2. The monoisotopic (exact) mass is 284 g/mol. The number of alkyl halides is 3. The van der Waals surface area contributed by atoms with Crippen molar-refractivity contribution in [3.05, 3.63) is 39.3 Å². The molecule has 0 heterocycles. The molecule has 76 valence electrons. The van der Waals surface area contributed by atoms with Gasteiger partial charge in [-0.05, 0) is 23.8 Å². The van der Waals surface area contributed by atoms with Crippen LogP contribution < -0.4 is 0 Å². The molecule has 0 radical (unpaired) electrons. The molecule has 0 nitrogen and oxygen atoms in total. The Kier molecular flexibility index (Phi) is 3.61. The van der Waals surface area contributed by atoms with E-state index in [0.29, 0.717) is 10.0 Å². The molecule has 1 aromatic rings. The zero-order valence-corrected chi connectivity index (χ0v) is 9.12. The van der Waals surface area contributed by atoms with Crippen LogP contribution in [0.4, 0.5) is 13.2 Å². The Morgan fingerprint density at radius 2 is 2.00 bits per heavy atom. The maximum Gasteiger partial charge on any atom is 0.426 e. The van der Waals surface area contributed by atoms with E-state index in [2.05, 4.69) is 15.9 Å². The summed E-state index contributed by atoms with van der Waals surface area (Å²) in [6.45, 7) is 0. The second kappa shape index (κ2) is 4.36. The third-order valence-electron chi connectivity index (χ3n) is 1.41. The van der Waals surface area contributed by atoms with E-state index in [1.54, 1.807) is 24.3 Å². The zero-order chi connectivity index (χ0) is 10.8. The Bertz CT molecular complexity index is 357. The van der Waals surface area contributed by atoms with E-state index < -0.39 is 11.2 Å². The van der Waals surface area contributed by atoms with Crippen LogP contribution in [0.3, 0.4) is 0 Å². The lowest BCUT2D eigenvalue weighted by Crippen LogP contribution is -2.06. The molecule has 5 heteroatoms. The predicted molar refractivity (Wildman–Crippen MR) is 54.0 cm³/mol. The molecule has 14 heavy (non-hydrogen) atoms. The average Bonchev–Trinajstić information content (AvgIpc) is 2.02. The van der Waals surface area contributed by atoms with Gasteiger partial charge in [0.2, 0.25) is 0 Å².